The molecule has 0 aliphatic carbocycles. The first-order valence-electron chi connectivity index (χ1n) is 20.0. The summed E-state index contributed by atoms with van der Waals surface area (Å²) in [7, 11) is 1.36. The molecular weight excluding hydrogens is 789 g/mol. The molecule has 1 aliphatic heterocycles. The van der Waals surface area contributed by atoms with E-state index < -0.39 is 49.9 Å². The maximum Gasteiger partial charge on any atom is 0.330 e. The van der Waals surface area contributed by atoms with Crippen molar-refractivity contribution in [1.29, 1.82) is 5.26 Å². The Hall–Kier alpha value is -4.91. The molecule has 16 heteroatoms. The number of nitrogens with one attached hydrogen (secondary N) is 2. The zero-order valence-electron chi connectivity index (χ0n) is 35.2. The minimum absolute atomic E-state index is 0.0271. The third kappa shape index (κ3) is 11.3. The molecule has 2 heterocycles. The third-order valence-electron chi connectivity index (χ3n) is 9.93. The van der Waals surface area contributed by atoms with E-state index >= 15 is 0 Å². The van der Waals surface area contributed by atoms with Crippen molar-refractivity contribution in [3.8, 4) is 17.6 Å². The Morgan fingerprint density at radius 2 is 1.50 bits per heavy atom. The predicted octanol–water partition coefficient (Wildman–Crippen LogP) is 6.03. The standard InChI is InChI=1S/C44H56N5O10P/c1-30(2)49(31(3)4)60(57-28-11-24-45)59-40-38(58-42(48-26-23-39(51)47-43(48)52)41(40)55-27-12-25-46-32(5)50)29-56-44(33-13-9-8-10-14-33,34-15-19-36(53-6)20-16-34)35-17-21-37(54-7)22-18-35/h8-10,13-23,26,30-31,38,40-42H,11-12,25,27-29H2,1-7H3,(H,46,50)(H,47,51,52)/t38-,40-,41-,42-,60?/m1/s1. The van der Waals surface area contributed by atoms with Crippen LogP contribution in [0.15, 0.2) is 101 Å². The molecule has 15 nitrogen and oxygen atoms in total. The monoisotopic (exact) mass is 845 g/mol. The SMILES string of the molecule is COc1ccc(C(OC[C@H]2O[C@@H](n3ccc(=O)[nH]c3=O)[C@H](OCCCNC(C)=O)[C@@H]2OP(OCCC#N)N(C(C)C)C(C)C)(c2ccccc2)c2ccc(OC)cc2)cc1. The number of carbonyl (C=O) groups excluding carboxylic acids is 1. The maximum atomic E-state index is 13.5. The fraction of sp³-hybridized carbons (Fsp3) is 0.455. The molecule has 1 unspecified atom stereocenters. The summed E-state index contributed by atoms with van der Waals surface area (Å²) >= 11 is 0. The molecule has 1 fully saturated rings. The van der Waals surface area contributed by atoms with Crippen molar-refractivity contribution in [1.82, 2.24) is 19.5 Å². The Morgan fingerprint density at radius 3 is 2.03 bits per heavy atom. The van der Waals surface area contributed by atoms with Crippen LogP contribution < -0.4 is 26.0 Å². The maximum absolute atomic E-state index is 13.5. The summed E-state index contributed by atoms with van der Waals surface area (Å²) in [4.78, 5) is 39.7. The van der Waals surface area contributed by atoms with Crippen molar-refractivity contribution in [2.24, 2.45) is 0 Å². The topological polar surface area (TPSA) is 176 Å². The summed E-state index contributed by atoms with van der Waals surface area (Å²) in [6, 6.07) is 28.5. The van der Waals surface area contributed by atoms with Crippen molar-refractivity contribution >= 4 is 14.4 Å². The predicted molar refractivity (Wildman–Crippen MR) is 227 cm³/mol. The molecular formula is C44H56N5O10P. The molecule has 322 valence electrons. The molecule has 3 aromatic carbocycles. The third-order valence-corrected chi connectivity index (χ3v) is 12.1. The summed E-state index contributed by atoms with van der Waals surface area (Å²) in [5, 5.41) is 12.2. The molecule has 2 N–H and O–H groups in total. The van der Waals surface area contributed by atoms with Gasteiger partial charge in [0.2, 0.25) is 5.91 Å². The van der Waals surface area contributed by atoms with Crippen LogP contribution in [0.25, 0.3) is 0 Å². The van der Waals surface area contributed by atoms with Crippen molar-refractivity contribution in [3.63, 3.8) is 0 Å². The number of ether oxygens (including phenoxy) is 5. The van der Waals surface area contributed by atoms with Crippen molar-refractivity contribution in [2.45, 2.75) is 89.7 Å². The van der Waals surface area contributed by atoms with Crippen LogP contribution in [0.1, 0.15) is 70.4 Å². The Morgan fingerprint density at radius 1 is 0.900 bits per heavy atom. The van der Waals surface area contributed by atoms with Gasteiger partial charge in [0.15, 0.2) is 6.23 Å². The molecule has 1 amide bonds. The van der Waals surface area contributed by atoms with Crippen LogP contribution in [0.2, 0.25) is 0 Å². The number of hydrogen-bond donors (Lipinski definition) is 2. The number of aromatic amines is 1. The molecule has 1 aromatic heterocycles. The normalized spacial score (nSPS) is 18.4. The zero-order chi connectivity index (χ0) is 43.2. The Kier molecular flexibility index (Phi) is 17.0. The summed E-state index contributed by atoms with van der Waals surface area (Å²) in [6.07, 6.45) is -1.92. The van der Waals surface area contributed by atoms with Crippen LogP contribution in [0, 0.1) is 11.3 Å². The summed E-state index contributed by atoms with van der Waals surface area (Å²) in [5.74, 6) is 1.16. The van der Waals surface area contributed by atoms with Crippen LogP contribution in [-0.2, 0) is 33.7 Å². The van der Waals surface area contributed by atoms with E-state index in [1.165, 1.54) is 23.8 Å². The van der Waals surface area contributed by atoms with Gasteiger partial charge in [0, 0.05) is 44.4 Å². The molecule has 0 saturated carbocycles. The van der Waals surface area contributed by atoms with Crippen LogP contribution >= 0.6 is 8.53 Å². The summed E-state index contributed by atoms with van der Waals surface area (Å²) < 4.78 is 48.6. The number of methoxy groups -OCH3 is 2. The van der Waals surface area contributed by atoms with Gasteiger partial charge in [0.05, 0.1) is 39.9 Å². The van der Waals surface area contributed by atoms with Gasteiger partial charge in [-0.1, -0.05) is 54.6 Å². The minimum atomic E-state index is -1.85. The lowest BCUT2D eigenvalue weighted by molar-refractivity contribution is -0.119. The number of nitriles is 1. The lowest BCUT2D eigenvalue weighted by atomic mass is 9.80. The summed E-state index contributed by atoms with van der Waals surface area (Å²) in [5.41, 5.74) is -0.0913. The highest BCUT2D eigenvalue weighted by atomic mass is 31.2. The van der Waals surface area contributed by atoms with E-state index in [-0.39, 0.29) is 44.2 Å². The van der Waals surface area contributed by atoms with Crippen LogP contribution in [0.3, 0.4) is 0 Å². The van der Waals surface area contributed by atoms with Crippen molar-refractivity contribution < 1.29 is 37.5 Å². The van der Waals surface area contributed by atoms with Gasteiger partial charge in [0.25, 0.3) is 14.1 Å². The molecule has 0 bridgehead atoms. The van der Waals surface area contributed by atoms with Gasteiger partial charge in [-0.2, -0.15) is 5.26 Å². The molecule has 0 spiro atoms. The molecule has 4 aromatic rings. The molecule has 1 saturated heterocycles. The van der Waals surface area contributed by atoms with Gasteiger partial charge >= 0.3 is 5.69 Å². The number of aromatic nitrogens is 2. The smallest absolute Gasteiger partial charge is 0.330 e. The van der Waals surface area contributed by atoms with E-state index in [0.29, 0.717) is 24.5 Å². The van der Waals surface area contributed by atoms with E-state index in [4.69, 9.17) is 32.7 Å². The van der Waals surface area contributed by atoms with Gasteiger partial charge in [-0.15, -0.1) is 0 Å². The summed E-state index contributed by atoms with van der Waals surface area (Å²) in [6.45, 7) is 10.1. The molecule has 60 heavy (non-hydrogen) atoms. The zero-order valence-corrected chi connectivity index (χ0v) is 36.1. The average Bonchev–Trinajstić information content (AvgIpc) is 3.57. The van der Waals surface area contributed by atoms with E-state index in [9.17, 15) is 19.6 Å². The number of carbonyl (C=O) groups is 1. The Labute approximate surface area is 352 Å². The lowest BCUT2D eigenvalue weighted by Gasteiger charge is -2.39. The molecule has 1 aliphatic rings. The van der Waals surface area contributed by atoms with E-state index in [0.717, 1.165) is 16.7 Å². The quantitative estimate of drug-likeness (QED) is 0.0535. The first-order valence-corrected chi connectivity index (χ1v) is 21.1. The second-order valence-electron chi connectivity index (χ2n) is 14.7. The highest BCUT2D eigenvalue weighted by Crippen LogP contribution is 2.51. The lowest BCUT2D eigenvalue weighted by Crippen LogP contribution is -2.43. The van der Waals surface area contributed by atoms with Gasteiger partial charge in [0.1, 0.15) is 35.4 Å². The van der Waals surface area contributed by atoms with Crippen LogP contribution in [0.5, 0.6) is 11.5 Å². The van der Waals surface area contributed by atoms with Crippen molar-refractivity contribution in [3.05, 3.63) is 129 Å². The second-order valence-corrected chi connectivity index (χ2v) is 16.1. The minimum Gasteiger partial charge on any atom is -0.497 e. The number of rotatable bonds is 22. The largest absolute Gasteiger partial charge is 0.497 e. The average molecular weight is 846 g/mol. The van der Waals surface area contributed by atoms with Crippen molar-refractivity contribution in [2.75, 3.05) is 40.6 Å². The number of H-pyrrole nitrogens is 1. The van der Waals surface area contributed by atoms with E-state index in [1.54, 1.807) is 14.2 Å². The first-order chi connectivity index (χ1) is 28.9. The van der Waals surface area contributed by atoms with E-state index in [1.807, 2.05) is 107 Å². The van der Waals surface area contributed by atoms with Gasteiger partial charge in [-0.25, -0.2) is 9.46 Å². The fourth-order valence-electron chi connectivity index (χ4n) is 7.23. The van der Waals surface area contributed by atoms with Gasteiger partial charge in [-0.3, -0.25) is 19.1 Å². The number of hydrogen-bond acceptors (Lipinski definition) is 12. The number of amides is 1. The molecule has 5 atom stereocenters. The number of nitrogens with zero attached hydrogens (tertiary/aromatic N) is 3. The highest BCUT2D eigenvalue weighted by molar-refractivity contribution is 7.44. The first kappa shape index (κ1) is 46.2. The molecule has 5 rings (SSSR count). The van der Waals surface area contributed by atoms with Gasteiger partial charge in [-0.05, 0) is 75.1 Å². The Bertz CT molecular complexity index is 2050. The molecule has 0 radical (unpaired) electrons. The fourth-order valence-corrected chi connectivity index (χ4v) is 9.00. The van der Waals surface area contributed by atoms with E-state index in [2.05, 4.69) is 21.0 Å². The number of benzene rings is 3. The highest BCUT2D eigenvalue weighted by Gasteiger charge is 2.51. The Balaban J connectivity index is 1.66. The second kappa shape index (κ2) is 22.1. The van der Waals surface area contributed by atoms with Crippen LogP contribution in [0.4, 0.5) is 0 Å². The van der Waals surface area contributed by atoms with Gasteiger partial charge < -0.3 is 38.0 Å². The van der Waals surface area contributed by atoms with Crippen LogP contribution in [-0.4, -0.2) is 91.1 Å².